The molecule has 1 aliphatic rings. The highest BCUT2D eigenvalue weighted by Crippen LogP contribution is 2.20. The first-order chi connectivity index (χ1) is 7.61. The Labute approximate surface area is 96.7 Å². The Balaban J connectivity index is 1.90. The molecule has 16 heavy (non-hydrogen) atoms. The predicted octanol–water partition coefficient (Wildman–Crippen LogP) is 0.948. The molecule has 1 fully saturated rings. The molecule has 4 nitrogen and oxygen atoms in total. The Hall–Kier alpha value is -0.870. The Morgan fingerprint density at radius 2 is 2.38 bits per heavy atom. The van der Waals surface area contributed by atoms with Crippen molar-refractivity contribution in [3.8, 4) is 0 Å². The van der Waals surface area contributed by atoms with E-state index in [1.54, 1.807) is 6.20 Å². The van der Waals surface area contributed by atoms with Crippen LogP contribution in [0.3, 0.4) is 0 Å². The average molecular weight is 223 g/mol. The highest BCUT2D eigenvalue weighted by Gasteiger charge is 2.27. The first-order valence-electron chi connectivity index (χ1n) is 6.06. The van der Waals surface area contributed by atoms with Gasteiger partial charge in [0.25, 0.3) is 0 Å². The van der Waals surface area contributed by atoms with Crippen LogP contribution in [0.5, 0.6) is 0 Å². The van der Waals surface area contributed by atoms with E-state index < -0.39 is 5.60 Å². The third kappa shape index (κ3) is 3.06. The lowest BCUT2D eigenvalue weighted by Crippen LogP contribution is -2.41. The summed E-state index contributed by atoms with van der Waals surface area (Å²) in [5.41, 5.74) is -0.707. The van der Waals surface area contributed by atoms with Gasteiger partial charge in [-0.1, -0.05) is 0 Å². The molecule has 2 N–H and O–H groups in total. The third-order valence-corrected chi connectivity index (χ3v) is 3.03. The number of nitrogens with zero attached hydrogens (tertiary/aromatic N) is 2. The van der Waals surface area contributed by atoms with Crippen LogP contribution in [0.2, 0.25) is 0 Å². The largest absolute Gasteiger partial charge is 0.388 e. The van der Waals surface area contributed by atoms with Crippen LogP contribution in [-0.4, -0.2) is 32.8 Å². The maximum absolute atomic E-state index is 10.3. The zero-order valence-electron chi connectivity index (χ0n) is 10.1. The van der Waals surface area contributed by atoms with E-state index in [2.05, 4.69) is 21.8 Å². The third-order valence-electron chi connectivity index (χ3n) is 3.03. The number of aliphatic hydroxyl groups is 1. The number of aromatic nitrogens is 2. The molecule has 0 bridgehead atoms. The Bertz CT molecular complexity index is 342. The van der Waals surface area contributed by atoms with Crippen molar-refractivity contribution in [2.75, 3.05) is 6.54 Å². The van der Waals surface area contributed by atoms with Crippen LogP contribution >= 0.6 is 0 Å². The molecule has 4 heteroatoms. The molecule has 1 aliphatic carbocycles. The normalized spacial score (nSPS) is 19.7. The van der Waals surface area contributed by atoms with E-state index in [0.29, 0.717) is 19.0 Å². The minimum atomic E-state index is -0.707. The number of nitrogens with one attached hydrogen (secondary N) is 1. The molecule has 1 heterocycles. The van der Waals surface area contributed by atoms with E-state index in [0.717, 1.165) is 12.4 Å². The van der Waals surface area contributed by atoms with Crippen LogP contribution in [0.4, 0.5) is 0 Å². The molecule has 0 spiro atoms. The molecular formula is C12H21N3O. The lowest BCUT2D eigenvalue weighted by Gasteiger charge is -2.23. The van der Waals surface area contributed by atoms with E-state index in [1.807, 2.05) is 13.1 Å². The van der Waals surface area contributed by atoms with Crippen LogP contribution in [0.25, 0.3) is 0 Å². The maximum Gasteiger partial charge on any atom is 0.111 e. The fraction of sp³-hybridized carbons (Fsp3) is 0.750. The van der Waals surface area contributed by atoms with Crippen molar-refractivity contribution in [1.82, 2.24) is 14.9 Å². The summed E-state index contributed by atoms with van der Waals surface area (Å²) in [6, 6.07) is 0.636. The van der Waals surface area contributed by atoms with Crippen molar-refractivity contribution in [3.05, 3.63) is 18.2 Å². The molecule has 90 valence electrons. The van der Waals surface area contributed by atoms with Crippen molar-refractivity contribution in [1.29, 1.82) is 0 Å². The van der Waals surface area contributed by atoms with Gasteiger partial charge in [-0.25, -0.2) is 4.98 Å². The number of rotatable bonds is 6. The summed E-state index contributed by atoms with van der Waals surface area (Å²) in [6.45, 7) is 5.51. The Morgan fingerprint density at radius 3 is 3.00 bits per heavy atom. The second kappa shape index (κ2) is 4.55. The van der Waals surface area contributed by atoms with Gasteiger partial charge in [-0.3, -0.25) is 0 Å². The highest BCUT2D eigenvalue weighted by atomic mass is 16.3. The number of aryl methyl sites for hydroxylation is 1. The van der Waals surface area contributed by atoms with Crippen molar-refractivity contribution in [3.63, 3.8) is 0 Å². The van der Waals surface area contributed by atoms with Crippen LogP contribution in [0.15, 0.2) is 12.4 Å². The molecular weight excluding hydrogens is 202 g/mol. The van der Waals surface area contributed by atoms with Gasteiger partial charge in [-0.05, 0) is 26.7 Å². The van der Waals surface area contributed by atoms with Crippen LogP contribution in [-0.2, 0) is 13.0 Å². The van der Waals surface area contributed by atoms with Gasteiger partial charge >= 0.3 is 0 Å². The summed E-state index contributed by atoms with van der Waals surface area (Å²) < 4.78 is 2.07. The molecule has 0 saturated heterocycles. The first kappa shape index (κ1) is 11.6. The fourth-order valence-corrected chi connectivity index (χ4v) is 1.85. The van der Waals surface area contributed by atoms with E-state index >= 15 is 0 Å². The fourth-order valence-electron chi connectivity index (χ4n) is 1.85. The number of hydrogen-bond acceptors (Lipinski definition) is 3. The Morgan fingerprint density at radius 1 is 1.62 bits per heavy atom. The van der Waals surface area contributed by atoms with E-state index in [1.165, 1.54) is 12.8 Å². The Kier molecular flexibility index (Phi) is 3.30. The van der Waals surface area contributed by atoms with Crippen LogP contribution in [0, 0.1) is 0 Å². The lowest BCUT2D eigenvalue weighted by molar-refractivity contribution is 0.0569. The summed E-state index contributed by atoms with van der Waals surface area (Å²) in [7, 11) is 0. The summed E-state index contributed by atoms with van der Waals surface area (Å²) in [5.74, 6) is 0.963. The second-order valence-electron chi connectivity index (χ2n) is 4.96. The number of hydrogen-bond donors (Lipinski definition) is 2. The topological polar surface area (TPSA) is 50.1 Å². The minimum absolute atomic E-state index is 0.605. The molecule has 1 atom stereocenters. The zero-order chi connectivity index (χ0) is 11.6. The quantitative estimate of drug-likeness (QED) is 0.755. The predicted molar refractivity (Wildman–Crippen MR) is 63.3 cm³/mol. The SMILES string of the molecule is CCn1ccnc1CC(C)(O)CNC1CC1. The van der Waals surface area contributed by atoms with Gasteiger partial charge in [-0.2, -0.15) is 0 Å². The highest BCUT2D eigenvalue weighted by molar-refractivity contribution is 4.99. The smallest absolute Gasteiger partial charge is 0.111 e. The van der Waals surface area contributed by atoms with Crippen LogP contribution < -0.4 is 5.32 Å². The van der Waals surface area contributed by atoms with Gasteiger partial charge in [-0.15, -0.1) is 0 Å². The van der Waals surface area contributed by atoms with Crippen molar-refractivity contribution < 1.29 is 5.11 Å². The van der Waals surface area contributed by atoms with Gasteiger partial charge in [0.05, 0.1) is 5.60 Å². The molecule has 1 aromatic heterocycles. The average Bonchev–Trinajstić information content (AvgIpc) is 2.96. The first-order valence-corrected chi connectivity index (χ1v) is 6.06. The van der Waals surface area contributed by atoms with Gasteiger partial charge in [0, 0.05) is 37.9 Å². The summed E-state index contributed by atoms with van der Waals surface area (Å²) in [5, 5.41) is 13.6. The van der Waals surface area contributed by atoms with Crippen LogP contribution in [0.1, 0.15) is 32.5 Å². The minimum Gasteiger partial charge on any atom is -0.388 e. The summed E-state index contributed by atoms with van der Waals surface area (Å²) >= 11 is 0. The number of imidazole rings is 1. The van der Waals surface area contributed by atoms with Gasteiger partial charge < -0.3 is 15.0 Å². The standard InChI is InChI=1S/C12H21N3O/c1-3-15-7-6-13-11(15)8-12(2,16)9-14-10-4-5-10/h6-7,10,14,16H,3-5,8-9H2,1-2H3. The van der Waals surface area contributed by atoms with Crippen molar-refractivity contribution in [2.24, 2.45) is 0 Å². The molecule has 1 aromatic rings. The maximum atomic E-state index is 10.3. The van der Waals surface area contributed by atoms with E-state index in [4.69, 9.17) is 0 Å². The van der Waals surface area contributed by atoms with Gasteiger partial charge in [0.15, 0.2) is 0 Å². The lowest BCUT2D eigenvalue weighted by atomic mass is 10.0. The molecule has 0 radical (unpaired) electrons. The zero-order valence-corrected chi connectivity index (χ0v) is 10.1. The van der Waals surface area contributed by atoms with Gasteiger partial charge in [0.2, 0.25) is 0 Å². The molecule has 0 aromatic carbocycles. The monoisotopic (exact) mass is 223 g/mol. The van der Waals surface area contributed by atoms with Crippen molar-refractivity contribution in [2.45, 2.75) is 51.3 Å². The molecule has 0 aliphatic heterocycles. The van der Waals surface area contributed by atoms with Gasteiger partial charge in [0.1, 0.15) is 5.82 Å². The molecule has 0 amide bonds. The van der Waals surface area contributed by atoms with E-state index in [-0.39, 0.29) is 0 Å². The van der Waals surface area contributed by atoms with E-state index in [9.17, 15) is 5.11 Å². The molecule has 1 unspecified atom stereocenters. The summed E-state index contributed by atoms with van der Waals surface area (Å²) in [6.07, 6.45) is 6.86. The second-order valence-corrected chi connectivity index (χ2v) is 4.96. The summed E-state index contributed by atoms with van der Waals surface area (Å²) in [4.78, 5) is 4.29. The van der Waals surface area contributed by atoms with Crippen molar-refractivity contribution >= 4 is 0 Å². The molecule has 1 saturated carbocycles. The molecule has 2 rings (SSSR count).